The monoisotopic (exact) mass is 390 g/mol. The number of benzene rings is 2. The van der Waals surface area contributed by atoms with Gasteiger partial charge >= 0.3 is 11.9 Å². The Labute approximate surface area is 166 Å². The van der Waals surface area contributed by atoms with Gasteiger partial charge in [0.1, 0.15) is 0 Å². The van der Waals surface area contributed by atoms with Crippen LogP contribution in [0.5, 0.6) is 0 Å². The molecule has 0 aromatic heterocycles. The second-order valence-corrected chi connectivity index (χ2v) is 7.42. The quantitative estimate of drug-likeness (QED) is 0.629. The Morgan fingerprint density at radius 2 is 1.11 bits per heavy atom. The lowest BCUT2D eigenvalue weighted by atomic mass is 9.88. The summed E-state index contributed by atoms with van der Waals surface area (Å²) in [5.41, 5.74) is 0.756. The van der Waals surface area contributed by atoms with Gasteiger partial charge in [-0.1, -0.05) is 57.2 Å². The van der Waals surface area contributed by atoms with Gasteiger partial charge in [-0.05, 0) is 43.0 Å². The van der Waals surface area contributed by atoms with Crippen LogP contribution in [0.25, 0.3) is 0 Å². The largest absolute Gasteiger partial charge is 0.478 e. The van der Waals surface area contributed by atoms with Crippen molar-refractivity contribution in [2.75, 3.05) is 0 Å². The van der Waals surface area contributed by atoms with Crippen LogP contribution >= 0.6 is 0 Å². The molecule has 0 aliphatic rings. The predicted octanol–water partition coefficient (Wildman–Crippen LogP) is 3.93. The van der Waals surface area contributed by atoms with Gasteiger partial charge in [-0.25, -0.2) is 9.59 Å². The summed E-state index contributed by atoms with van der Waals surface area (Å²) in [5.74, 6) is -1.76. The van der Waals surface area contributed by atoms with Crippen LogP contribution in [0.15, 0.2) is 60.7 Å². The average molecular weight is 390 g/mol. The summed E-state index contributed by atoms with van der Waals surface area (Å²) >= 11 is 0. The number of hydrogen-bond acceptors (Lipinski definition) is 4. The number of aromatic carboxylic acids is 2. The number of aliphatic hydroxyl groups is 2. The van der Waals surface area contributed by atoms with E-state index in [2.05, 4.69) is 0 Å². The highest BCUT2D eigenvalue weighted by Gasteiger charge is 2.19. The van der Waals surface area contributed by atoms with Crippen molar-refractivity contribution in [3.8, 4) is 0 Å². The minimum Gasteiger partial charge on any atom is -0.478 e. The highest BCUT2D eigenvalue weighted by atomic mass is 16.4. The molecule has 2 rings (SSSR count). The second-order valence-electron chi connectivity index (χ2n) is 7.42. The van der Waals surface area contributed by atoms with Crippen LogP contribution in [-0.2, 0) is 0 Å². The van der Waals surface area contributed by atoms with Crippen LogP contribution in [0.2, 0.25) is 0 Å². The van der Waals surface area contributed by atoms with Crippen molar-refractivity contribution < 1.29 is 30.0 Å². The van der Waals surface area contributed by atoms with Crippen molar-refractivity contribution >= 4 is 11.9 Å². The topological polar surface area (TPSA) is 115 Å². The lowest BCUT2D eigenvalue weighted by Crippen LogP contribution is -2.27. The predicted molar refractivity (Wildman–Crippen MR) is 109 cm³/mol. The lowest BCUT2D eigenvalue weighted by molar-refractivity contribution is 0.00668. The SMILES string of the molecule is CC(O)C(O)CC(C)(C)C.O=C(O)c1ccccc1.O=C(O)c1ccccc1. The zero-order valence-electron chi connectivity index (χ0n) is 16.7. The number of carbonyl (C=O) groups is 2. The average Bonchev–Trinajstić information content (AvgIpc) is 2.63. The molecule has 6 heteroatoms. The normalized spacial score (nSPS) is 12.4. The number of carboxylic acids is 2. The first-order valence-corrected chi connectivity index (χ1v) is 8.87. The van der Waals surface area contributed by atoms with Gasteiger partial charge in [0.25, 0.3) is 0 Å². The van der Waals surface area contributed by atoms with Gasteiger partial charge < -0.3 is 20.4 Å². The molecule has 28 heavy (non-hydrogen) atoms. The summed E-state index contributed by atoms with van der Waals surface area (Å²) in [6, 6.07) is 16.6. The third-order valence-corrected chi connectivity index (χ3v) is 3.42. The molecule has 0 radical (unpaired) electrons. The zero-order chi connectivity index (χ0) is 21.7. The fourth-order valence-electron chi connectivity index (χ4n) is 1.96. The van der Waals surface area contributed by atoms with Crippen LogP contribution in [0, 0.1) is 5.41 Å². The third kappa shape index (κ3) is 12.6. The maximum atomic E-state index is 10.2. The molecule has 0 heterocycles. The van der Waals surface area contributed by atoms with Gasteiger partial charge in [-0.15, -0.1) is 0 Å². The second kappa shape index (κ2) is 12.6. The number of rotatable bonds is 4. The fraction of sp³-hybridized carbons (Fsp3) is 0.364. The Kier molecular flexibility index (Phi) is 11.4. The molecule has 0 bridgehead atoms. The Balaban J connectivity index is 0.000000391. The van der Waals surface area contributed by atoms with Crippen LogP contribution in [0.3, 0.4) is 0 Å². The van der Waals surface area contributed by atoms with E-state index in [-0.39, 0.29) is 5.41 Å². The molecule has 2 atom stereocenters. The molecular formula is C22H30O6. The van der Waals surface area contributed by atoms with Crippen molar-refractivity contribution in [2.24, 2.45) is 5.41 Å². The Hall–Kier alpha value is -2.70. The van der Waals surface area contributed by atoms with E-state index in [9.17, 15) is 14.7 Å². The van der Waals surface area contributed by atoms with Crippen LogP contribution in [0.4, 0.5) is 0 Å². The smallest absolute Gasteiger partial charge is 0.335 e. The van der Waals surface area contributed by atoms with Crippen LogP contribution in [0.1, 0.15) is 54.8 Å². The molecule has 0 saturated carbocycles. The van der Waals surface area contributed by atoms with E-state index in [0.717, 1.165) is 0 Å². The summed E-state index contributed by atoms with van der Waals surface area (Å²) < 4.78 is 0. The van der Waals surface area contributed by atoms with E-state index in [1.54, 1.807) is 67.6 Å². The molecule has 2 aromatic carbocycles. The van der Waals surface area contributed by atoms with Crippen LogP contribution in [-0.4, -0.2) is 44.6 Å². The van der Waals surface area contributed by atoms with Crippen molar-refractivity contribution in [1.29, 1.82) is 0 Å². The minimum atomic E-state index is -0.879. The highest BCUT2D eigenvalue weighted by Crippen LogP contribution is 2.21. The van der Waals surface area contributed by atoms with Gasteiger partial charge in [0.15, 0.2) is 0 Å². The van der Waals surface area contributed by atoms with E-state index in [4.69, 9.17) is 15.3 Å². The summed E-state index contributed by atoms with van der Waals surface area (Å²) in [7, 11) is 0. The van der Waals surface area contributed by atoms with E-state index in [1.807, 2.05) is 20.8 Å². The number of carboxylic acid groups (broad SMARTS) is 2. The van der Waals surface area contributed by atoms with E-state index in [0.29, 0.717) is 17.5 Å². The van der Waals surface area contributed by atoms with Crippen molar-refractivity contribution in [2.45, 2.75) is 46.3 Å². The van der Waals surface area contributed by atoms with Gasteiger partial charge in [0.2, 0.25) is 0 Å². The molecule has 0 amide bonds. The Morgan fingerprint density at radius 3 is 1.25 bits per heavy atom. The standard InChI is InChI=1S/C8H18O2.2C7H6O2/c1-6(9)7(10)5-8(2,3)4;2*8-7(9)6-4-2-1-3-5-6/h6-7,9-10H,5H2,1-4H3;2*1-5H,(H,8,9). The van der Waals surface area contributed by atoms with Crippen molar-refractivity contribution in [3.63, 3.8) is 0 Å². The maximum Gasteiger partial charge on any atom is 0.335 e. The van der Waals surface area contributed by atoms with E-state index in [1.165, 1.54) is 0 Å². The van der Waals surface area contributed by atoms with Gasteiger partial charge in [0, 0.05) is 0 Å². The molecule has 6 nitrogen and oxygen atoms in total. The number of aliphatic hydroxyl groups excluding tert-OH is 2. The lowest BCUT2D eigenvalue weighted by Gasteiger charge is -2.23. The molecule has 0 saturated heterocycles. The molecule has 4 N–H and O–H groups in total. The van der Waals surface area contributed by atoms with Crippen molar-refractivity contribution in [3.05, 3.63) is 71.8 Å². The van der Waals surface area contributed by atoms with Crippen molar-refractivity contribution in [1.82, 2.24) is 0 Å². The summed E-state index contributed by atoms with van der Waals surface area (Å²) in [4.78, 5) is 20.4. The Morgan fingerprint density at radius 1 is 0.786 bits per heavy atom. The fourth-order valence-corrected chi connectivity index (χ4v) is 1.96. The molecule has 0 aliphatic carbocycles. The molecule has 154 valence electrons. The zero-order valence-corrected chi connectivity index (χ0v) is 16.7. The first-order chi connectivity index (χ1) is 12.9. The molecule has 2 unspecified atom stereocenters. The Bertz CT molecular complexity index is 640. The molecular weight excluding hydrogens is 360 g/mol. The number of hydrogen-bond donors (Lipinski definition) is 4. The van der Waals surface area contributed by atoms with E-state index < -0.39 is 24.1 Å². The molecule has 0 spiro atoms. The minimum absolute atomic E-state index is 0.0937. The first-order valence-electron chi connectivity index (χ1n) is 8.87. The van der Waals surface area contributed by atoms with Gasteiger partial charge in [-0.2, -0.15) is 0 Å². The highest BCUT2D eigenvalue weighted by molar-refractivity contribution is 5.87. The molecule has 0 fully saturated rings. The van der Waals surface area contributed by atoms with Gasteiger partial charge in [0.05, 0.1) is 23.3 Å². The maximum absolute atomic E-state index is 10.2. The summed E-state index contributed by atoms with van der Waals surface area (Å²) in [6.45, 7) is 7.73. The molecule has 2 aromatic rings. The van der Waals surface area contributed by atoms with Crippen LogP contribution < -0.4 is 0 Å². The first kappa shape index (κ1) is 25.3. The summed E-state index contributed by atoms with van der Waals surface area (Å²) in [6.07, 6.45) is -0.552. The third-order valence-electron chi connectivity index (χ3n) is 3.42. The molecule has 0 aliphatic heterocycles. The van der Waals surface area contributed by atoms with Gasteiger partial charge in [-0.3, -0.25) is 0 Å². The van der Waals surface area contributed by atoms with E-state index >= 15 is 0 Å². The summed E-state index contributed by atoms with van der Waals surface area (Å²) in [5, 5.41) is 34.9.